The van der Waals surface area contributed by atoms with Crippen molar-refractivity contribution in [2.24, 2.45) is 0 Å². The molecule has 4 heteroatoms. The van der Waals surface area contributed by atoms with Crippen LogP contribution in [0.1, 0.15) is 10.5 Å². The summed E-state index contributed by atoms with van der Waals surface area (Å²) < 4.78 is 12.8. The van der Waals surface area contributed by atoms with E-state index in [1.54, 1.807) is 24.3 Å². The van der Waals surface area contributed by atoms with E-state index in [4.69, 9.17) is 5.11 Å². The summed E-state index contributed by atoms with van der Waals surface area (Å²) in [6.45, 7) is 0. The molecular formula is C12H8FNO2. The van der Waals surface area contributed by atoms with Gasteiger partial charge in [-0.1, -0.05) is 30.3 Å². The fraction of sp³-hybridized carbons (Fsp3) is 0. The molecule has 0 fully saturated rings. The molecule has 1 N–H and O–H groups in total. The molecule has 0 radical (unpaired) electrons. The molecule has 2 rings (SSSR count). The SMILES string of the molecule is O=C(O)c1nc(F)ccc1-c1ccccc1. The highest BCUT2D eigenvalue weighted by Crippen LogP contribution is 2.22. The average molecular weight is 217 g/mol. The van der Waals surface area contributed by atoms with Gasteiger partial charge < -0.3 is 5.11 Å². The predicted molar refractivity (Wildman–Crippen MR) is 56.6 cm³/mol. The number of carbonyl (C=O) groups is 1. The van der Waals surface area contributed by atoms with E-state index in [-0.39, 0.29) is 5.69 Å². The highest BCUT2D eigenvalue weighted by molar-refractivity contribution is 5.93. The minimum Gasteiger partial charge on any atom is -0.476 e. The van der Waals surface area contributed by atoms with E-state index in [1.165, 1.54) is 6.07 Å². The van der Waals surface area contributed by atoms with E-state index in [2.05, 4.69) is 4.98 Å². The molecule has 0 aliphatic rings. The number of hydrogen-bond acceptors (Lipinski definition) is 2. The van der Waals surface area contributed by atoms with Crippen LogP contribution in [-0.4, -0.2) is 16.1 Å². The Labute approximate surface area is 91.2 Å². The van der Waals surface area contributed by atoms with Gasteiger partial charge in [-0.15, -0.1) is 0 Å². The molecule has 0 saturated heterocycles. The maximum atomic E-state index is 12.8. The lowest BCUT2D eigenvalue weighted by Crippen LogP contribution is -2.04. The summed E-state index contributed by atoms with van der Waals surface area (Å²) in [4.78, 5) is 14.3. The van der Waals surface area contributed by atoms with Gasteiger partial charge in [-0.05, 0) is 17.7 Å². The van der Waals surface area contributed by atoms with Crippen molar-refractivity contribution in [3.63, 3.8) is 0 Å². The molecule has 3 nitrogen and oxygen atoms in total. The first-order valence-electron chi connectivity index (χ1n) is 4.64. The highest BCUT2D eigenvalue weighted by Gasteiger charge is 2.14. The van der Waals surface area contributed by atoms with Crippen molar-refractivity contribution in [2.75, 3.05) is 0 Å². The van der Waals surface area contributed by atoms with Gasteiger partial charge in [0.05, 0.1) is 0 Å². The van der Waals surface area contributed by atoms with Crippen LogP contribution >= 0.6 is 0 Å². The smallest absolute Gasteiger partial charge is 0.355 e. The minimum absolute atomic E-state index is 0.272. The van der Waals surface area contributed by atoms with E-state index >= 15 is 0 Å². The van der Waals surface area contributed by atoms with Gasteiger partial charge in [0, 0.05) is 5.56 Å². The first kappa shape index (κ1) is 10.3. The predicted octanol–water partition coefficient (Wildman–Crippen LogP) is 2.59. The summed E-state index contributed by atoms with van der Waals surface area (Å²) in [6.07, 6.45) is 0. The zero-order chi connectivity index (χ0) is 11.5. The van der Waals surface area contributed by atoms with Gasteiger partial charge in [-0.3, -0.25) is 0 Å². The molecule has 1 heterocycles. The van der Waals surface area contributed by atoms with Crippen LogP contribution in [0.25, 0.3) is 11.1 Å². The Morgan fingerprint density at radius 1 is 1.12 bits per heavy atom. The molecule has 0 unspecified atom stereocenters. The number of hydrogen-bond donors (Lipinski definition) is 1. The Kier molecular flexibility index (Phi) is 2.64. The molecule has 0 bridgehead atoms. The van der Waals surface area contributed by atoms with Crippen molar-refractivity contribution in [1.29, 1.82) is 0 Å². The number of carboxylic acids is 1. The Balaban J connectivity index is 2.61. The lowest BCUT2D eigenvalue weighted by Gasteiger charge is -2.04. The van der Waals surface area contributed by atoms with Crippen molar-refractivity contribution >= 4 is 5.97 Å². The lowest BCUT2D eigenvalue weighted by atomic mass is 10.0. The molecule has 0 amide bonds. The summed E-state index contributed by atoms with van der Waals surface area (Å²) in [6, 6.07) is 11.5. The molecule has 0 aliphatic heterocycles. The molecule has 16 heavy (non-hydrogen) atoms. The van der Waals surface area contributed by atoms with Gasteiger partial charge in [0.25, 0.3) is 0 Å². The third-order valence-electron chi connectivity index (χ3n) is 2.15. The number of pyridine rings is 1. The number of aromatic nitrogens is 1. The van der Waals surface area contributed by atoms with Crippen LogP contribution in [-0.2, 0) is 0 Å². The van der Waals surface area contributed by atoms with Crippen molar-refractivity contribution in [2.45, 2.75) is 0 Å². The standard InChI is InChI=1S/C12H8FNO2/c13-10-7-6-9(11(14-10)12(15)16)8-4-2-1-3-5-8/h1-7H,(H,15,16). The van der Waals surface area contributed by atoms with Crippen LogP contribution < -0.4 is 0 Å². The number of benzene rings is 1. The number of rotatable bonds is 2. The molecule has 2 aromatic rings. The third kappa shape index (κ3) is 1.91. The Hall–Kier alpha value is -2.23. The van der Waals surface area contributed by atoms with Gasteiger partial charge in [-0.2, -0.15) is 4.39 Å². The summed E-state index contributed by atoms with van der Waals surface area (Å²) in [5.74, 6) is -2.03. The highest BCUT2D eigenvalue weighted by atomic mass is 19.1. The maximum absolute atomic E-state index is 12.8. The van der Waals surface area contributed by atoms with Crippen LogP contribution in [0, 0.1) is 5.95 Å². The molecule has 0 atom stereocenters. The van der Waals surface area contributed by atoms with Gasteiger partial charge in [0.1, 0.15) is 0 Å². The van der Waals surface area contributed by atoms with Crippen molar-refractivity contribution in [1.82, 2.24) is 4.98 Å². The molecule has 0 saturated carbocycles. The summed E-state index contributed by atoms with van der Waals surface area (Å²) in [5.41, 5.74) is 0.841. The van der Waals surface area contributed by atoms with Crippen LogP contribution in [0.5, 0.6) is 0 Å². The second kappa shape index (κ2) is 4.10. The Bertz CT molecular complexity index is 526. The zero-order valence-electron chi connectivity index (χ0n) is 8.22. The zero-order valence-corrected chi connectivity index (χ0v) is 8.22. The average Bonchev–Trinajstić information content (AvgIpc) is 2.30. The largest absolute Gasteiger partial charge is 0.476 e. The Morgan fingerprint density at radius 2 is 1.81 bits per heavy atom. The topological polar surface area (TPSA) is 50.2 Å². The fourth-order valence-corrected chi connectivity index (χ4v) is 1.45. The lowest BCUT2D eigenvalue weighted by molar-refractivity contribution is 0.0690. The Morgan fingerprint density at radius 3 is 2.44 bits per heavy atom. The number of halogens is 1. The van der Waals surface area contributed by atoms with Gasteiger partial charge in [0.2, 0.25) is 5.95 Å². The molecule has 0 aliphatic carbocycles. The van der Waals surface area contributed by atoms with E-state index in [0.29, 0.717) is 11.1 Å². The monoisotopic (exact) mass is 217 g/mol. The maximum Gasteiger partial charge on any atom is 0.355 e. The summed E-state index contributed by atoms with van der Waals surface area (Å²) in [7, 11) is 0. The van der Waals surface area contributed by atoms with Crippen LogP contribution in [0.3, 0.4) is 0 Å². The van der Waals surface area contributed by atoms with E-state index < -0.39 is 11.9 Å². The van der Waals surface area contributed by atoms with Crippen LogP contribution in [0.4, 0.5) is 4.39 Å². The van der Waals surface area contributed by atoms with Crippen molar-refractivity contribution in [3.05, 3.63) is 54.1 Å². The molecular weight excluding hydrogens is 209 g/mol. The van der Waals surface area contributed by atoms with Crippen molar-refractivity contribution < 1.29 is 14.3 Å². The second-order valence-electron chi connectivity index (χ2n) is 3.20. The van der Waals surface area contributed by atoms with Crippen LogP contribution in [0.15, 0.2) is 42.5 Å². The minimum atomic E-state index is -1.24. The van der Waals surface area contributed by atoms with Gasteiger partial charge in [-0.25, -0.2) is 9.78 Å². The summed E-state index contributed by atoms with van der Waals surface area (Å²) in [5, 5.41) is 8.92. The first-order valence-corrected chi connectivity index (χ1v) is 4.64. The van der Waals surface area contributed by atoms with Crippen LogP contribution in [0.2, 0.25) is 0 Å². The van der Waals surface area contributed by atoms with E-state index in [0.717, 1.165) is 6.07 Å². The quantitative estimate of drug-likeness (QED) is 0.786. The van der Waals surface area contributed by atoms with E-state index in [9.17, 15) is 9.18 Å². The fourth-order valence-electron chi connectivity index (χ4n) is 1.45. The van der Waals surface area contributed by atoms with E-state index in [1.807, 2.05) is 6.07 Å². The second-order valence-corrected chi connectivity index (χ2v) is 3.20. The molecule has 1 aromatic heterocycles. The van der Waals surface area contributed by atoms with Crippen molar-refractivity contribution in [3.8, 4) is 11.1 Å². The number of aromatic carboxylic acids is 1. The van der Waals surface area contributed by atoms with Gasteiger partial charge in [0.15, 0.2) is 5.69 Å². The third-order valence-corrected chi connectivity index (χ3v) is 2.15. The number of nitrogens with zero attached hydrogens (tertiary/aromatic N) is 1. The molecule has 0 spiro atoms. The number of carboxylic acid groups (broad SMARTS) is 1. The summed E-state index contributed by atoms with van der Waals surface area (Å²) >= 11 is 0. The first-order chi connectivity index (χ1) is 7.68. The molecule has 80 valence electrons. The molecule has 1 aromatic carbocycles. The van der Waals surface area contributed by atoms with Gasteiger partial charge >= 0.3 is 5.97 Å². The normalized spacial score (nSPS) is 10.1.